The van der Waals surface area contributed by atoms with Crippen LogP contribution in [-0.2, 0) is 0 Å². The van der Waals surface area contributed by atoms with E-state index >= 15 is 0 Å². The van der Waals surface area contributed by atoms with Crippen molar-refractivity contribution in [2.24, 2.45) is 0 Å². The van der Waals surface area contributed by atoms with Gasteiger partial charge in [0.25, 0.3) is 0 Å². The number of hydrogen-bond acceptors (Lipinski definition) is 4. The summed E-state index contributed by atoms with van der Waals surface area (Å²) in [6.45, 7) is 0. The first-order chi connectivity index (χ1) is 9.47. The molecule has 106 valence electrons. The molecule has 1 aliphatic rings. The van der Waals surface area contributed by atoms with Crippen LogP contribution in [0.25, 0.3) is 10.6 Å². The van der Waals surface area contributed by atoms with Crippen LogP contribution in [0.2, 0.25) is 0 Å². The summed E-state index contributed by atoms with van der Waals surface area (Å²) in [5.74, 6) is 0.156. The zero-order valence-electron chi connectivity index (χ0n) is 10.3. The van der Waals surface area contributed by atoms with Gasteiger partial charge in [0.05, 0.1) is 10.6 Å². The van der Waals surface area contributed by atoms with Crippen molar-refractivity contribution in [3.8, 4) is 10.6 Å². The highest BCUT2D eigenvalue weighted by Gasteiger charge is 2.43. The highest BCUT2D eigenvalue weighted by molar-refractivity contribution is 7.80. The monoisotopic (exact) mass is 316 g/mol. The minimum absolute atomic E-state index is 0.156. The first-order valence-corrected chi connectivity index (χ1v) is 7.46. The van der Waals surface area contributed by atoms with Crippen molar-refractivity contribution in [3.63, 3.8) is 0 Å². The third-order valence-electron chi connectivity index (χ3n) is 3.11. The van der Waals surface area contributed by atoms with Crippen LogP contribution in [0.3, 0.4) is 0 Å². The Morgan fingerprint density at radius 3 is 2.65 bits per heavy atom. The molecule has 1 unspecified atom stereocenters. The van der Waals surface area contributed by atoms with E-state index in [1.54, 1.807) is 24.5 Å². The van der Waals surface area contributed by atoms with Gasteiger partial charge in [-0.05, 0) is 25.0 Å². The van der Waals surface area contributed by atoms with Crippen LogP contribution in [0.1, 0.15) is 34.6 Å². The summed E-state index contributed by atoms with van der Waals surface area (Å²) >= 11 is 4.82. The predicted octanol–water partition coefficient (Wildman–Crippen LogP) is 4.62. The summed E-state index contributed by atoms with van der Waals surface area (Å²) in [7, 11) is 0. The molecule has 0 amide bonds. The lowest BCUT2D eigenvalue weighted by Crippen LogP contribution is -2.15. The van der Waals surface area contributed by atoms with Crippen LogP contribution >= 0.6 is 24.0 Å². The Morgan fingerprint density at radius 1 is 1.35 bits per heavy atom. The van der Waals surface area contributed by atoms with E-state index in [4.69, 9.17) is 0 Å². The maximum Gasteiger partial charge on any atom is 0.405 e. The van der Waals surface area contributed by atoms with Gasteiger partial charge < -0.3 is 0 Å². The molecule has 0 bridgehead atoms. The maximum absolute atomic E-state index is 12.9. The van der Waals surface area contributed by atoms with Crippen LogP contribution in [0.15, 0.2) is 24.5 Å². The molecule has 1 atom stereocenters. The Bertz CT molecular complexity index is 606. The molecule has 1 aliphatic carbocycles. The molecule has 0 spiro atoms. The number of aromatic nitrogens is 2. The van der Waals surface area contributed by atoms with E-state index in [0.29, 0.717) is 10.7 Å². The Labute approximate surface area is 123 Å². The summed E-state index contributed by atoms with van der Waals surface area (Å²) in [5, 5.41) is -1.18. The summed E-state index contributed by atoms with van der Waals surface area (Å²) in [4.78, 5) is 8.61. The van der Waals surface area contributed by atoms with Gasteiger partial charge in [0.2, 0.25) is 0 Å². The number of rotatable bonds is 3. The fourth-order valence-electron chi connectivity index (χ4n) is 1.95. The van der Waals surface area contributed by atoms with Crippen molar-refractivity contribution in [2.45, 2.75) is 30.2 Å². The molecule has 0 saturated heterocycles. The van der Waals surface area contributed by atoms with Gasteiger partial charge in [-0.3, -0.25) is 4.98 Å². The van der Waals surface area contributed by atoms with Gasteiger partial charge in [-0.15, -0.1) is 11.3 Å². The highest BCUT2D eigenvalue weighted by atomic mass is 32.1. The fraction of sp³-hybridized carbons (Fsp3) is 0.385. The number of halogens is 3. The van der Waals surface area contributed by atoms with Gasteiger partial charge in [-0.25, -0.2) is 4.98 Å². The summed E-state index contributed by atoms with van der Waals surface area (Å²) < 4.78 is 38.7. The standard InChI is InChI=1S/C13H11F3N2S2/c14-13(15,16)11(19)10-9(7-3-4-7)18-12(20-10)8-2-1-5-17-6-8/h1-2,5-7,11,19H,3-4H2. The summed E-state index contributed by atoms with van der Waals surface area (Å²) in [5.41, 5.74) is 1.31. The molecule has 2 aromatic heterocycles. The van der Waals surface area contributed by atoms with E-state index in [0.717, 1.165) is 29.7 Å². The zero-order valence-corrected chi connectivity index (χ0v) is 12.0. The minimum Gasteiger partial charge on any atom is -0.264 e. The first kappa shape index (κ1) is 13.9. The second kappa shape index (κ2) is 5.04. The number of pyridine rings is 1. The second-order valence-electron chi connectivity index (χ2n) is 4.73. The van der Waals surface area contributed by atoms with E-state index in [1.165, 1.54) is 0 Å². The van der Waals surface area contributed by atoms with Crippen molar-refractivity contribution >= 4 is 24.0 Å². The van der Waals surface area contributed by atoms with E-state index in [9.17, 15) is 13.2 Å². The smallest absolute Gasteiger partial charge is 0.264 e. The minimum atomic E-state index is -4.36. The zero-order chi connectivity index (χ0) is 14.3. The Hall–Kier alpha value is -1.08. The third-order valence-corrected chi connectivity index (χ3v) is 5.02. The Balaban J connectivity index is 2.03. The molecular weight excluding hydrogens is 305 g/mol. The van der Waals surface area contributed by atoms with E-state index in [-0.39, 0.29) is 10.8 Å². The molecule has 7 heteroatoms. The molecule has 0 radical (unpaired) electrons. The molecule has 0 N–H and O–H groups in total. The molecule has 3 rings (SSSR count). The van der Waals surface area contributed by atoms with Crippen LogP contribution in [-0.4, -0.2) is 16.1 Å². The van der Waals surface area contributed by atoms with Crippen molar-refractivity contribution in [1.82, 2.24) is 9.97 Å². The van der Waals surface area contributed by atoms with E-state index in [2.05, 4.69) is 22.6 Å². The maximum atomic E-state index is 12.9. The Kier molecular flexibility index (Phi) is 3.50. The van der Waals surface area contributed by atoms with Crippen molar-refractivity contribution < 1.29 is 13.2 Å². The SMILES string of the molecule is FC(F)(F)C(S)c1sc(-c2cccnc2)nc1C1CC1. The van der Waals surface area contributed by atoms with Crippen LogP contribution in [0, 0.1) is 0 Å². The molecule has 0 aliphatic heterocycles. The third kappa shape index (κ3) is 2.69. The number of alkyl halides is 3. The molecule has 0 aromatic carbocycles. The number of hydrogen-bond donors (Lipinski definition) is 1. The van der Waals surface area contributed by atoms with Crippen LogP contribution in [0.5, 0.6) is 0 Å². The average molecular weight is 316 g/mol. The molecule has 2 aromatic rings. The Morgan fingerprint density at radius 2 is 2.10 bits per heavy atom. The van der Waals surface area contributed by atoms with Gasteiger partial charge in [0.15, 0.2) is 0 Å². The van der Waals surface area contributed by atoms with Gasteiger partial charge in [-0.2, -0.15) is 25.8 Å². The van der Waals surface area contributed by atoms with Gasteiger partial charge in [-0.1, -0.05) is 0 Å². The lowest BCUT2D eigenvalue weighted by molar-refractivity contribution is -0.128. The van der Waals surface area contributed by atoms with Gasteiger partial charge in [0.1, 0.15) is 10.3 Å². The number of thiol groups is 1. The molecule has 20 heavy (non-hydrogen) atoms. The molecule has 2 nitrogen and oxygen atoms in total. The molecule has 1 saturated carbocycles. The number of thiazole rings is 1. The van der Waals surface area contributed by atoms with Crippen LogP contribution in [0.4, 0.5) is 13.2 Å². The topological polar surface area (TPSA) is 25.8 Å². The fourth-order valence-corrected chi connectivity index (χ4v) is 3.39. The predicted molar refractivity (Wildman–Crippen MR) is 75.1 cm³/mol. The van der Waals surface area contributed by atoms with Crippen molar-refractivity contribution in [1.29, 1.82) is 0 Å². The van der Waals surface area contributed by atoms with Crippen molar-refractivity contribution in [3.05, 3.63) is 35.1 Å². The van der Waals surface area contributed by atoms with E-state index in [1.807, 2.05) is 0 Å². The quantitative estimate of drug-likeness (QED) is 0.836. The average Bonchev–Trinajstić information content (AvgIpc) is 3.17. The first-order valence-electron chi connectivity index (χ1n) is 6.12. The summed E-state index contributed by atoms with van der Waals surface area (Å²) in [6.07, 6.45) is 0.686. The largest absolute Gasteiger partial charge is 0.405 e. The van der Waals surface area contributed by atoms with Gasteiger partial charge >= 0.3 is 6.18 Å². The molecular formula is C13H11F3N2S2. The molecule has 2 heterocycles. The lowest BCUT2D eigenvalue weighted by Gasteiger charge is -2.14. The van der Waals surface area contributed by atoms with Crippen molar-refractivity contribution in [2.75, 3.05) is 0 Å². The second-order valence-corrected chi connectivity index (χ2v) is 6.28. The summed E-state index contributed by atoms with van der Waals surface area (Å²) in [6, 6.07) is 3.54. The normalized spacial score (nSPS) is 17.2. The van der Waals surface area contributed by atoms with Gasteiger partial charge in [0, 0.05) is 23.9 Å². The van der Waals surface area contributed by atoms with E-state index < -0.39 is 11.4 Å². The molecule has 1 fully saturated rings. The number of nitrogens with zero attached hydrogens (tertiary/aromatic N) is 2. The van der Waals surface area contributed by atoms with Crippen LogP contribution < -0.4 is 0 Å². The highest BCUT2D eigenvalue weighted by Crippen LogP contribution is 2.50. The lowest BCUT2D eigenvalue weighted by atomic mass is 10.2.